The molecule has 12 heteroatoms. The number of rotatable bonds is 17. The Kier molecular flexibility index (Phi) is 19.0. The standard InChI is InChI=1S/C16H24N2O3.C14H22N2O2.C12H17NO2/c1-9-6-10(2)13(15(17)21)12(7-9)14(20)11(3)18-16(4,5)8-19;1-4-12(16-14(2,3)9-17)13(18)10-5-7-11(15)8-6-10;1-12(2,9-14)13-8-11(15)10-6-4-3-5-7-10/h6-7,11,18-19H,8H2,1-5H3,(H2,17,21);5-8,12,16-17H,4,9,15H2,1-3H3;3-7,13-14H,8-9H2,1-2H3. The van der Waals surface area contributed by atoms with Crippen LogP contribution in [0, 0.1) is 13.8 Å². The number of aryl methyl sites for hydroxylation is 2. The number of carbonyl (C=O) groups is 4. The normalized spacial score (nSPS) is 12.7. The third kappa shape index (κ3) is 16.0. The van der Waals surface area contributed by atoms with E-state index in [1.807, 2.05) is 65.8 Å². The van der Waals surface area contributed by atoms with E-state index < -0.39 is 28.6 Å². The fourth-order valence-corrected chi connectivity index (χ4v) is 5.24. The van der Waals surface area contributed by atoms with E-state index in [4.69, 9.17) is 16.6 Å². The molecule has 0 aliphatic rings. The van der Waals surface area contributed by atoms with Gasteiger partial charge in [-0.05, 0) is 105 Å². The second-order valence-corrected chi connectivity index (χ2v) is 15.5. The summed E-state index contributed by atoms with van der Waals surface area (Å²) in [5.41, 5.74) is 13.7. The highest BCUT2D eigenvalue weighted by Crippen LogP contribution is 2.19. The molecule has 0 aliphatic heterocycles. The Morgan fingerprint density at radius 3 is 1.72 bits per heavy atom. The first-order valence-electron chi connectivity index (χ1n) is 18.1. The van der Waals surface area contributed by atoms with Crippen LogP contribution in [-0.2, 0) is 0 Å². The number of nitrogens with two attached hydrogens (primary N) is 2. The van der Waals surface area contributed by atoms with Gasteiger partial charge < -0.3 is 37.4 Å². The molecule has 0 bridgehead atoms. The van der Waals surface area contributed by atoms with Gasteiger partial charge in [0, 0.05) is 39.0 Å². The van der Waals surface area contributed by atoms with Crippen molar-refractivity contribution in [2.45, 2.75) is 104 Å². The summed E-state index contributed by atoms with van der Waals surface area (Å²) in [7, 11) is 0. The van der Waals surface area contributed by atoms with Crippen molar-refractivity contribution in [1.29, 1.82) is 0 Å². The summed E-state index contributed by atoms with van der Waals surface area (Å²) in [5.74, 6) is -0.752. The van der Waals surface area contributed by atoms with Gasteiger partial charge in [-0.15, -0.1) is 0 Å². The largest absolute Gasteiger partial charge is 0.399 e. The molecule has 3 aromatic rings. The zero-order valence-corrected chi connectivity index (χ0v) is 33.7. The first kappa shape index (κ1) is 47.7. The minimum atomic E-state index is -0.607. The van der Waals surface area contributed by atoms with Gasteiger partial charge in [0.15, 0.2) is 17.3 Å². The minimum absolute atomic E-state index is 0.00900. The average Bonchev–Trinajstić information content (AvgIpc) is 3.12. The van der Waals surface area contributed by atoms with Crippen molar-refractivity contribution in [3.05, 3.63) is 100 Å². The Morgan fingerprint density at radius 2 is 1.24 bits per heavy atom. The van der Waals surface area contributed by atoms with Gasteiger partial charge in [-0.1, -0.05) is 48.9 Å². The molecule has 12 nitrogen and oxygen atoms in total. The predicted octanol–water partition coefficient (Wildman–Crippen LogP) is 4.15. The molecule has 2 unspecified atom stereocenters. The van der Waals surface area contributed by atoms with Crippen LogP contribution in [0.3, 0.4) is 0 Å². The van der Waals surface area contributed by atoms with Gasteiger partial charge in [0.2, 0.25) is 5.91 Å². The molecule has 0 heterocycles. The third-order valence-electron chi connectivity index (χ3n) is 8.49. The fraction of sp³-hybridized carbons (Fsp3) is 0.476. The van der Waals surface area contributed by atoms with Crippen LogP contribution in [0.5, 0.6) is 0 Å². The van der Waals surface area contributed by atoms with Gasteiger partial charge in [-0.25, -0.2) is 0 Å². The molecule has 3 aromatic carbocycles. The number of primary amides is 1. The molecule has 298 valence electrons. The number of Topliss-reactive ketones (excluding diaryl/α,β-unsaturated/α-hetero) is 3. The SMILES string of the molecule is CC(C)(CO)NCC(=O)c1ccccc1.CCC(NC(C)(C)CO)C(=O)c1ccc(N)cc1.Cc1cc(C)c(C(N)=O)c(C(=O)C(C)NC(C)(C)CO)c1. The molecule has 0 spiro atoms. The molecule has 10 N–H and O–H groups in total. The lowest BCUT2D eigenvalue weighted by atomic mass is 9.92. The number of hydrogen-bond acceptors (Lipinski definition) is 11. The number of amides is 1. The predicted molar refractivity (Wildman–Crippen MR) is 216 cm³/mol. The molecule has 1 amide bonds. The average molecular weight is 750 g/mol. The number of hydrogen-bond donors (Lipinski definition) is 8. The number of nitrogens with one attached hydrogen (secondary N) is 3. The summed E-state index contributed by atoms with van der Waals surface area (Å²) in [5, 5.41) is 36.8. The maximum Gasteiger partial charge on any atom is 0.249 e. The minimum Gasteiger partial charge on any atom is -0.399 e. The Bertz CT molecular complexity index is 1670. The number of anilines is 1. The van der Waals surface area contributed by atoms with Crippen LogP contribution < -0.4 is 27.4 Å². The maximum absolute atomic E-state index is 12.6. The van der Waals surface area contributed by atoms with Gasteiger partial charge in [0.25, 0.3) is 0 Å². The van der Waals surface area contributed by atoms with E-state index in [2.05, 4.69) is 16.0 Å². The van der Waals surface area contributed by atoms with Gasteiger partial charge >= 0.3 is 0 Å². The topological polar surface area (TPSA) is 217 Å². The van der Waals surface area contributed by atoms with Crippen LogP contribution >= 0.6 is 0 Å². The summed E-state index contributed by atoms with van der Waals surface area (Å²) >= 11 is 0. The zero-order valence-electron chi connectivity index (χ0n) is 33.7. The van der Waals surface area contributed by atoms with Crippen molar-refractivity contribution in [3.8, 4) is 0 Å². The molecule has 0 saturated carbocycles. The molecule has 54 heavy (non-hydrogen) atoms. The lowest BCUT2D eigenvalue weighted by Gasteiger charge is -2.29. The Morgan fingerprint density at radius 1 is 0.722 bits per heavy atom. The smallest absolute Gasteiger partial charge is 0.249 e. The van der Waals surface area contributed by atoms with Crippen LogP contribution in [-0.4, -0.2) is 93.6 Å². The number of aliphatic hydroxyl groups excluding tert-OH is 3. The number of ketones is 3. The molecule has 0 fully saturated rings. The molecule has 0 radical (unpaired) electrons. The monoisotopic (exact) mass is 749 g/mol. The molecular formula is C42H63N5O7. The molecular weight excluding hydrogens is 686 g/mol. The van der Waals surface area contributed by atoms with Crippen LogP contribution in [0.1, 0.15) is 114 Å². The summed E-state index contributed by atoms with van der Waals surface area (Å²) in [4.78, 5) is 48.2. The van der Waals surface area contributed by atoms with E-state index in [1.54, 1.807) is 70.2 Å². The summed E-state index contributed by atoms with van der Waals surface area (Å²) in [6.07, 6.45) is 0.673. The number of nitrogen functional groups attached to an aromatic ring is 1. The second-order valence-electron chi connectivity index (χ2n) is 15.5. The lowest BCUT2D eigenvalue weighted by Crippen LogP contribution is -2.51. The van der Waals surface area contributed by atoms with Crippen molar-refractivity contribution < 1.29 is 34.5 Å². The van der Waals surface area contributed by atoms with Crippen molar-refractivity contribution in [3.63, 3.8) is 0 Å². The van der Waals surface area contributed by atoms with Crippen molar-refractivity contribution in [1.82, 2.24) is 16.0 Å². The van der Waals surface area contributed by atoms with Gasteiger partial charge in [0.1, 0.15) is 0 Å². The van der Waals surface area contributed by atoms with E-state index in [0.717, 1.165) is 5.56 Å². The summed E-state index contributed by atoms with van der Waals surface area (Å²) < 4.78 is 0. The molecule has 0 aliphatic carbocycles. The second kappa shape index (κ2) is 21.6. The molecule has 3 rings (SSSR count). The zero-order chi connectivity index (χ0) is 41.4. The van der Waals surface area contributed by atoms with E-state index in [9.17, 15) is 29.4 Å². The van der Waals surface area contributed by atoms with Gasteiger partial charge in [-0.3, -0.25) is 24.5 Å². The molecule has 0 aromatic heterocycles. The van der Waals surface area contributed by atoms with E-state index in [1.165, 1.54) is 0 Å². The van der Waals surface area contributed by atoms with Gasteiger partial charge in [0.05, 0.1) is 44.0 Å². The molecule has 2 atom stereocenters. The van der Waals surface area contributed by atoms with Crippen LogP contribution in [0.25, 0.3) is 0 Å². The van der Waals surface area contributed by atoms with Crippen LogP contribution in [0.15, 0.2) is 66.7 Å². The maximum atomic E-state index is 12.6. The van der Waals surface area contributed by atoms with Gasteiger partial charge in [-0.2, -0.15) is 0 Å². The van der Waals surface area contributed by atoms with Crippen molar-refractivity contribution in [2.24, 2.45) is 5.73 Å². The Balaban J connectivity index is 0.000000411. The summed E-state index contributed by atoms with van der Waals surface area (Å²) in [6.45, 7) is 18.5. The first-order valence-corrected chi connectivity index (χ1v) is 18.1. The fourth-order valence-electron chi connectivity index (χ4n) is 5.24. The summed E-state index contributed by atoms with van der Waals surface area (Å²) in [6, 6.07) is 18.7. The van der Waals surface area contributed by atoms with Crippen molar-refractivity contribution in [2.75, 3.05) is 32.1 Å². The van der Waals surface area contributed by atoms with E-state index >= 15 is 0 Å². The van der Waals surface area contributed by atoms with Crippen LogP contribution in [0.2, 0.25) is 0 Å². The van der Waals surface area contributed by atoms with Crippen LogP contribution in [0.4, 0.5) is 5.69 Å². The quantitative estimate of drug-likeness (QED) is 0.0724. The highest BCUT2D eigenvalue weighted by atomic mass is 16.3. The molecule has 0 saturated heterocycles. The third-order valence-corrected chi connectivity index (χ3v) is 8.49. The Hall–Kier alpha value is -4.30. The lowest BCUT2D eigenvalue weighted by molar-refractivity contribution is 0.0893. The number of aliphatic hydroxyl groups is 3. The number of benzene rings is 3. The Labute approximate surface area is 321 Å². The van der Waals surface area contributed by atoms with Crippen molar-refractivity contribution >= 4 is 28.9 Å². The van der Waals surface area contributed by atoms with E-state index in [0.29, 0.717) is 34.4 Å². The first-order chi connectivity index (χ1) is 25.0. The number of carbonyl (C=O) groups excluding carboxylic acids is 4. The van der Waals surface area contributed by atoms with E-state index in [-0.39, 0.29) is 55.3 Å². The highest BCUT2D eigenvalue weighted by molar-refractivity contribution is 6.10. The highest BCUT2D eigenvalue weighted by Gasteiger charge is 2.28.